The van der Waals surface area contributed by atoms with Gasteiger partial charge in [0.1, 0.15) is 0 Å². The number of hydrogen-bond acceptors (Lipinski definition) is 2. The summed E-state index contributed by atoms with van der Waals surface area (Å²) in [6.45, 7) is 0. The first kappa shape index (κ1) is 9.12. The normalized spacial score (nSPS) is 18.0. The van der Waals surface area contributed by atoms with Crippen LogP contribution in [-0.2, 0) is 9.13 Å². The number of hydrogen-bond donors (Lipinski definition) is 2. The van der Waals surface area contributed by atoms with E-state index in [-0.39, 0.29) is 6.16 Å². The van der Waals surface area contributed by atoms with Crippen molar-refractivity contribution in [2.24, 2.45) is 0 Å². The summed E-state index contributed by atoms with van der Waals surface area (Å²) in [7, 11) is -5.10. The van der Waals surface area contributed by atoms with Gasteiger partial charge in [0.05, 0.1) is 0 Å². The Labute approximate surface area is 54.0 Å². The Morgan fingerprint density at radius 3 is 2.22 bits per heavy atom. The van der Waals surface area contributed by atoms with Crippen LogP contribution >= 0.6 is 16.1 Å². The summed E-state index contributed by atoms with van der Waals surface area (Å²) in [6.07, 6.45) is 1.23. The quantitative estimate of drug-likeness (QED) is 0.602. The van der Waals surface area contributed by atoms with E-state index in [0.29, 0.717) is 0 Å². The van der Waals surface area contributed by atoms with Gasteiger partial charge in [0.2, 0.25) is 8.03 Å². The molecule has 0 heterocycles. The van der Waals surface area contributed by atoms with Crippen molar-refractivity contribution in [3.63, 3.8) is 0 Å². The van der Waals surface area contributed by atoms with E-state index >= 15 is 0 Å². The molecule has 0 aromatic heterocycles. The first-order valence-electron chi connectivity index (χ1n) is 2.24. The Morgan fingerprint density at radius 2 is 1.89 bits per heavy atom. The van der Waals surface area contributed by atoms with Gasteiger partial charge in [-0.2, -0.15) is 0 Å². The van der Waals surface area contributed by atoms with E-state index in [9.17, 15) is 9.13 Å². The van der Waals surface area contributed by atoms with Gasteiger partial charge < -0.3 is 9.79 Å². The Kier molecular flexibility index (Phi) is 5.02. The molecule has 0 saturated carbocycles. The fourth-order valence-electron chi connectivity index (χ4n) is 0.261. The highest BCUT2D eigenvalue weighted by molar-refractivity contribution is 7.42. The van der Waals surface area contributed by atoms with E-state index in [0.717, 1.165) is 5.82 Å². The molecular weight excluding hydrogens is 162 g/mol. The molecule has 0 saturated heterocycles. The van der Waals surface area contributed by atoms with Crippen molar-refractivity contribution in [2.75, 3.05) is 6.16 Å². The summed E-state index contributed by atoms with van der Waals surface area (Å²) in [6, 6.07) is 0. The monoisotopic (exact) mass is 170 g/mol. The molecule has 0 bridgehead atoms. The Hall–Kier alpha value is 0.120. The van der Waals surface area contributed by atoms with Crippen LogP contribution < -0.4 is 0 Å². The van der Waals surface area contributed by atoms with Gasteiger partial charge in [-0.3, -0.25) is 9.13 Å². The van der Waals surface area contributed by atoms with Crippen LogP contribution in [0.15, 0.2) is 11.9 Å². The van der Waals surface area contributed by atoms with Crippen molar-refractivity contribution in [3.05, 3.63) is 11.9 Å². The summed E-state index contributed by atoms with van der Waals surface area (Å²) in [4.78, 5) is 16.3. The molecule has 0 aliphatic rings. The van der Waals surface area contributed by atoms with Gasteiger partial charge in [-0.25, -0.2) is 0 Å². The highest BCUT2D eigenvalue weighted by Crippen LogP contribution is 2.17. The second kappa shape index (κ2) is 4.95. The second-order valence-electron chi connectivity index (χ2n) is 1.34. The van der Waals surface area contributed by atoms with Gasteiger partial charge in [-0.15, -0.1) is 0 Å². The van der Waals surface area contributed by atoms with Crippen LogP contribution in [0.1, 0.15) is 0 Å². The minimum atomic E-state index is -2.59. The molecule has 4 nitrogen and oxygen atoms in total. The zero-order chi connectivity index (χ0) is 7.28. The molecule has 0 rings (SSSR count). The fraction of sp³-hybridized carbons (Fsp3) is 0.333. The fourth-order valence-corrected chi connectivity index (χ4v) is 1.14. The van der Waals surface area contributed by atoms with Crippen molar-refractivity contribution in [1.29, 1.82) is 0 Å². The summed E-state index contributed by atoms with van der Waals surface area (Å²) in [5, 5.41) is 0. The highest BCUT2D eigenvalue weighted by atomic mass is 31.1. The molecular formula is C3H8O4P2. The molecule has 2 N–H and O–H groups in total. The van der Waals surface area contributed by atoms with Gasteiger partial charge in [-0.1, -0.05) is 6.08 Å². The summed E-state index contributed by atoms with van der Waals surface area (Å²) < 4.78 is 19.8. The lowest BCUT2D eigenvalue weighted by Crippen LogP contribution is -1.64. The molecule has 0 aromatic carbocycles. The summed E-state index contributed by atoms with van der Waals surface area (Å²) >= 11 is 0. The Bertz CT molecular complexity index is 152. The first-order chi connectivity index (χ1) is 4.13. The lowest BCUT2D eigenvalue weighted by molar-refractivity contribution is 0.506. The molecule has 0 amide bonds. The standard InChI is InChI=1S/C3H8O4P2/c4-8(5)2-1-3-9(6)7/h1-2,8-9H,3H2,(H,4,5)(H,6,7). The second-order valence-corrected chi connectivity index (χ2v) is 3.54. The van der Waals surface area contributed by atoms with Gasteiger partial charge >= 0.3 is 0 Å². The van der Waals surface area contributed by atoms with E-state index in [2.05, 4.69) is 0 Å². The van der Waals surface area contributed by atoms with Gasteiger partial charge in [0.25, 0.3) is 0 Å². The van der Waals surface area contributed by atoms with Crippen molar-refractivity contribution in [3.8, 4) is 0 Å². The lowest BCUT2D eigenvalue weighted by Gasteiger charge is -1.82. The minimum Gasteiger partial charge on any atom is -0.346 e. The Morgan fingerprint density at radius 1 is 1.33 bits per heavy atom. The van der Waals surface area contributed by atoms with Gasteiger partial charge in [-0.05, 0) is 5.82 Å². The zero-order valence-electron chi connectivity index (χ0n) is 4.57. The predicted octanol–water partition coefficient (Wildman–Crippen LogP) is 0.434. The zero-order valence-corrected chi connectivity index (χ0v) is 6.57. The largest absolute Gasteiger partial charge is 0.346 e. The third kappa shape index (κ3) is 8.12. The maximum atomic E-state index is 9.94. The first-order valence-corrected chi connectivity index (χ1v) is 5.23. The minimum absolute atomic E-state index is 0.0123. The molecule has 0 aromatic rings. The summed E-state index contributed by atoms with van der Waals surface area (Å²) in [5.74, 6) is 1.03. The molecule has 2 atom stereocenters. The van der Waals surface area contributed by atoms with E-state index in [1.54, 1.807) is 0 Å². The van der Waals surface area contributed by atoms with E-state index in [4.69, 9.17) is 9.79 Å². The van der Waals surface area contributed by atoms with E-state index in [1.807, 2.05) is 0 Å². The van der Waals surface area contributed by atoms with Crippen LogP contribution in [-0.4, -0.2) is 15.9 Å². The van der Waals surface area contributed by atoms with Crippen molar-refractivity contribution < 1.29 is 18.9 Å². The third-order valence-corrected chi connectivity index (χ3v) is 1.66. The summed E-state index contributed by atoms with van der Waals surface area (Å²) in [5.41, 5.74) is 0. The van der Waals surface area contributed by atoms with Gasteiger partial charge in [0.15, 0.2) is 8.03 Å². The molecule has 0 fully saturated rings. The van der Waals surface area contributed by atoms with Crippen LogP contribution in [0.4, 0.5) is 0 Å². The predicted molar refractivity (Wildman–Crippen MR) is 36.4 cm³/mol. The maximum absolute atomic E-state index is 9.94. The SMILES string of the molecule is O=[PH](O)C=CC[PH](=O)O. The molecule has 0 aliphatic heterocycles. The third-order valence-electron chi connectivity index (χ3n) is 0.553. The molecule has 9 heavy (non-hydrogen) atoms. The number of allylic oxidation sites excluding steroid dienone is 1. The topological polar surface area (TPSA) is 74.6 Å². The van der Waals surface area contributed by atoms with Crippen molar-refractivity contribution in [1.82, 2.24) is 0 Å². The molecule has 2 unspecified atom stereocenters. The maximum Gasteiger partial charge on any atom is 0.210 e. The molecule has 6 heteroatoms. The average Bonchev–Trinajstić information content (AvgIpc) is 1.63. The molecule has 0 spiro atoms. The lowest BCUT2D eigenvalue weighted by atomic mass is 10.8. The molecule has 0 radical (unpaired) electrons. The van der Waals surface area contributed by atoms with Crippen LogP contribution in [0.3, 0.4) is 0 Å². The van der Waals surface area contributed by atoms with Crippen LogP contribution in [0.2, 0.25) is 0 Å². The smallest absolute Gasteiger partial charge is 0.210 e. The average molecular weight is 170 g/mol. The van der Waals surface area contributed by atoms with Crippen molar-refractivity contribution >= 4 is 16.1 Å². The Balaban J connectivity index is 3.48. The van der Waals surface area contributed by atoms with E-state index in [1.165, 1.54) is 6.08 Å². The van der Waals surface area contributed by atoms with Crippen molar-refractivity contribution in [2.45, 2.75) is 0 Å². The number of rotatable bonds is 3. The molecule has 0 aliphatic carbocycles. The van der Waals surface area contributed by atoms with Crippen LogP contribution in [0, 0.1) is 0 Å². The van der Waals surface area contributed by atoms with Gasteiger partial charge in [0, 0.05) is 6.16 Å². The van der Waals surface area contributed by atoms with E-state index < -0.39 is 16.1 Å². The van der Waals surface area contributed by atoms with Crippen LogP contribution in [0.25, 0.3) is 0 Å². The highest BCUT2D eigenvalue weighted by Gasteiger charge is 1.85. The molecule has 54 valence electrons. The van der Waals surface area contributed by atoms with Crippen LogP contribution in [0.5, 0.6) is 0 Å².